The molecule has 7 nitrogen and oxygen atoms in total. The molecule has 1 aromatic carbocycles. The highest BCUT2D eigenvalue weighted by atomic mass is 16.6. The molecule has 0 aliphatic carbocycles. The fourth-order valence-electron chi connectivity index (χ4n) is 1.98. The third kappa shape index (κ3) is 2.83. The normalized spacial score (nSPS) is 13.9. The van der Waals surface area contributed by atoms with Crippen LogP contribution in [0.25, 0.3) is 11.4 Å². The molecular weight excluding hydrogens is 262 g/mol. The third-order valence-corrected chi connectivity index (χ3v) is 3.10. The van der Waals surface area contributed by atoms with Crippen molar-refractivity contribution in [2.24, 2.45) is 0 Å². The van der Waals surface area contributed by atoms with Gasteiger partial charge >= 0.3 is 0 Å². The summed E-state index contributed by atoms with van der Waals surface area (Å²) in [7, 11) is 0. The lowest BCUT2D eigenvalue weighted by molar-refractivity contribution is -0.384. The SMILES string of the molecule is CCC(c1nc(-c2cccc([N+](=O)[O-])c2)no1)C(C)O. The van der Waals surface area contributed by atoms with Gasteiger partial charge in [-0.2, -0.15) is 4.98 Å². The maximum Gasteiger partial charge on any atom is 0.270 e. The number of benzene rings is 1. The van der Waals surface area contributed by atoms with Crippen molar-refractivity contribution in [2.45, 2.75) is 32.3 Å². The molecule has 1 heterocycles. The van der Waals surface area contributed by atoms with Gasteiger partial charge in [-0.15, -0.1) is 0 Å². The average Bonchev–Trinajstić information content (AvgIpc) is 2.89. The Balaban J connectivity index is 2.33. The van der Waals surface area contributed by atoms with E-state index in [0.29, 0.717) is 17.9 Å². The first-order valence-electron chi connectivity index (χ1n) is 6.29. The fourth-order valence-corrected chi connectivity index (χ4v) is 1.98. The summed E-state index contributed by atoms with van der Waals surface area (Å²) >= 11 is 0. The van der Waals surface area contributed by atoms with E-state index in [9.17, 15) is 15.2 Å². The molecule has 0 aliphatic heterocycles. The van der Waals surface area contributed by atoms with Gasteiger partial charge in [0.2, 0.25) is 11.7 Å². The van der Waals surface area contributed by atoms with Crippen molar-refractivity contribution >= 4 is 5.69 Å². The minimum atomic E-state index is -0.599. The number of aliphatic hydroxyl groups is 1. The van der Waals surface area contributed by atoms with E-state index in [-0.39, 0.29) is 17.4 Å². The van der Waals surface area contributed by atoms with Crippen molar-refractivity contribution in [2.75, 3.05) is 0 Å². The van der Waals surface area contributed by atoms with Crippen LogP contribution in [-0.2, 0) is 0 Å². The number of nitro benzene ring substituents is 1. The van der Waals surface area contributed by atoms with E-state index < -0.39 is 11.0 Å². The van der Waals surface area contributed by atoms with Crippen molar-refractivity contribution in [1.82, 2.24) is 10.1 Å². The highest BCUT2D eigenvalue weighted by molar-refractivity contribution is 5.58. The van der Waals surface area contributed by atoms with Gasteiger partial charge in [0.25, 0.3) is 5.69 Å². The van der Waals surface area contributed by atoms with Crippen LogP contribution in [0.2, 0.25) is 0 Å². The average molecular weight is 277 g/mol. The number of rotatable bonds is 5. The van der Waals surface area contributed by atoms with E-state index in [0.717, 1.165) is 0 Å². The van der Waals surface area contributed by atoms with Crippen molar-refractivity contribution in [1.29, 1.82) is 0 Å². The van der Waals surface area contributed by atoms with Gasteiger partial charge in [0.1, 0.15) is 0 Å². The largest absolute Gasteiger partial charge is 0.393 e. The molecule has 2 atom stereocenters. The molecule has 1 N–H and O–H groups in total. The summed E-state index contributed by atoms with van der Waals surface area (Å²) in [5.74, 6) is 0.377. The molecule has 2 aromatic rings. The first-order chi connectivity index (χ1) is 9.52. The lowest BCUT2D eigenvalue weighted by Gasteiger charge is -2.12. The summed E-state index contributed by atoms with van der Waals surface area (Å²) in [4.78, 5) is 14.5. The Bertz CT molecular complexity index is 609. The zero-order chi connectivity index (χ0) is 14.7. The predicted octanol–water partition coefficient (Wildman–Crippen LogP) is 2.52. The van der Waals surface area contributed by atoms with Gasteiger partial charge < -0.3 is 9.63 Å². The van der Waals surface area contributed by atoms with Crippen LogP contribution in [0.5, 0.6) is 0 Å². The number of nitro groups is 1. The molecule has 2 unspecified atom stereocenters. The molecule has 0 radical (unpaired) electrons. The summed E-state index contributed by atoms with van der Waals surface area (Å²) in [6.45, 7) is 3.57. The molecule has 0 amide bonds. The molecule has 106 valence electrons. The van der Waals surface area contributed by atoms with Crippen molar-refractivity contribution < 1.29 is 14.6 Å². The quantitative estimate of drug-likeness (QED) is 0.665. The van der Waals surface area contributed by atoms with E-state index in [1.807, 2.05) is 6.92 Å². The van der Waals surface area contributed by atoms with Crippen LogP contribution in [0.4, 0.5) is 5.69 Å². The fraction of sp³-hybridized carbons (Fsp3) is 0.385. The van der Waals surface area contributed by atoms with Gasteiger partial charge in [-0.3, -0.25) is 10.1 Å². The maximum atomic E-state index is 10.7. The molecule has 2 rings (SSSR count). The zero-order valence-corrected chi connectivity index (χ0v) is 11.2. The second-order valence-electron chi connectivity index (χ2n) is 4.52. The number of aromatic nitrogens is 2. The Kier molecular flexibility index (Phi) is 4.09. The lowest BCUT2D eigenvalue weighted by atomic mass is 10.0. The second-order valence-corrected chi connectivity index (χ2v) is 4.52. The molecule has 7 heteroatoms. The molecular formula is C13H15N3O4. The zero-order valence-electron chi connectivity index (χ0n) is 11.2. The summed E-state index contributed by atoms with van der Waals surface area (Å²) in [6, 6.07) is 6.02. The highest BCUT2D eigenvalue weighted by Gasteiger charge is 2.22. The van der Waals surface area contributed by atoms with Crippen molar-refractivity contribution in [3.05, 3.63) is 40.3 Å². The standard InChI is InChI=1S/C13H15N3O4/c1-3-11(8(2)17)13-14-12(15-20-13)9-5-4-6-10(7-9)16(18)19/h4-8,11,17H,3H2,1-2H3. The highest BCUT2D eigenvalue weighted by Crippen LogP contribution is 2.26. The second kappa shape index (κ2) is 5.79. The first-order valence-corrected chi connectivity index (χ1v) is 6.29. The van der Waals surface area contributed by atoms with Gasteiger partial charge in [0, 0.05) is 17.7 Å². The maximum absolute atomic E-state index is 10.7. The molecule has 0 saturated heterocycles. The summed E-state index contributed by atoms with van der Waals surface area (Å²) in [5, 5.41) is 24.2. The molecule has 1 aromatic heterocycles. The van der Waals surface area contributed by atoms with Gasteiger partial charge in [-0.1, -0.05) is 24.2 Å². The van der Waals surface area contributed by atoms with Crippen molar-refractivity contribution in [3.8, 4) is 11.4 Å². The molecule has 0 aliphatic rings. The summed E-state index contributed by atoms with van der Waals surface area (Å²) in [6.07, 6.45) is 0.0623. The minimum absolute atomic E-state index is 0.0311. The van der Waals surface area contributed by atoms with Crippen LogP contribution in [-0.4, -0.2) is 26.3 Å². The molecule has 0 spiro atoms. The van der Waals surface area contributed by atoms with E-state index in [4.69, 9.17) is 4.52 Å². The third-order valence-electron chi connectivity index (χ3n) is 3.10. The van der Waals surface area contributed by atoms with Gasteiger partial charge in [0.15, 0.2) is 0 Å². The Hall–Kier alpha value is -2.28. The Morgan fingerprint density at radius 3 is 2.85 bits per heavy atom. The number of hydrogen-bond acceptors (Lipinski definition) is 6. The molecule has 20 heavy (non-hydrogen) atoms. The van der Waals surface area contributed by atoms with Crippen LogP contribution < -0.4 is 0 Å². The Morgan fingerprint density at radius 1 is 1.50 bits per heavy atom. The molecule has 0 saturated carbocycles. The van der Waals surface area contributed by atoms with Crippen LogP contribution in [0, 0.1) is 10.1 Å². The number of hydrogen-bond donors (Lipinski definition) is 1. The number of nitrogens with zero attached hydrogens (tertiary/aromatic N) is 3. The van der Waals surface area contributed by atoms with Crippen LogP contribution in [0.3, 0.4) is 0 Å². The monoisotopic (exact) mass is 277 g/mol. The summed E-state index contributed by atoms with van der Waals surface area (Å²) in [5.41, 5.74) is 0.478. The van der Waals surface area contributed by atoms with Crippen LogP contribution in [0.15, 0.2) is 28.8 Å². The summed E-state index contributed by atoms with van der Waals surface area (Å²) < 4.78 is 5.14. The number of aliphatic hydroxyl groups excluding tert-OH is 1. The van der Waals surface area contributed by atoms with Gasteiger partial charge in [0.05, 0.1) is 16.9 Å². The first kappa shape index (κ1) is 14.1. The topological polar surface area (TPSA) is 102 Å². The molecule has 0 bridgehead atoms. The molecule has 0 fully saturated rings. The lowest BCUT2D eigenvalue weighted by Crippen LogP contribution is -2.13. The Labute approximate surface area is 115 Å². The minimum Gasteiger partial charge on any atom is -0.393 e. The Morgan fingerprint density at radius 2 is 2.25 bits per heavy atom. The predicted molar refractivity (Wildman–Crippen MR) is 71.1 cm³/mol. The van der Waals surface area contributed by atoms with E-state index in [1.54, 1.807) is 19.1 Å². The smallest absolute Gasteiger partial charge is 0.270 e. The number of non-ortho nitro benzene ring substituents is 1. The van der Waals surface area contributed by atoms with E-state index >= 15 is 0 Å². The van der Waals surface area contributed by atoms with E-state index in [2.05, 4.69) is 10.1 Å². The van der Waals surface area contributed by atoms with Gasteiger partial charge in [-0.05, 0) is 13.3 Å². The van der Waals surface area contributed by atoms with Crippen LogP contribution in [0.1, 0.15) is 32.1 Å². The van der Waals surface area contributed by atoms with E-state index in [1.165, 1.54) is 12.1 Å². The van der Waals surface area contributed by atoms with Crippen LogP contribution >= 0.6 is 0 Å². The van der Waals surface area contributed by atoms with Gasteiger partial charge in [-0.25, -0.2) is 0 Å². The van der Waals surface area contributed by atoms with Crippen molar-refractivity contribution in [3.63, 3.8) is 0 Å².